The Morgan fingerprint density at radius 2 is 1.48 bits per heavy atom. The number of ether oxygens (including phenoxy) is 1. The molecule has 0 aliphatic rings. The Labute approximate surface area is 180 Å². The second kappa shape index (κ2) is 11.9. The van der Waals surface area contributed by atoms with Crippen molar-refractivity contribution in [3.8, 4) is 40.5 Å². The van der Waals surface area contributed by atoms with Gasteiger partial charge < -0.3 is 9.84 Å². The third kappa shape index (κ3) is 11.0. The zero-order valence-electron chi connectivity index (χ0n) is 19.2. The van der Waals surface area contributed by atoms with Crippen molar-refractivity contribution in [2.75, 3.05) is 7.11 Å². The number of benzene rings is 1. The molecule has 1 unspecified atom stereocenters. The van der Waals surface area contributed by atoms with Gasteiger partial charge in [0.15, 0.2) is 0 Å². The molecule has 29 heavy (non-hydrogen) atoms. The summed E-state index contributed by atoms with van der Waals surface area (Å²) in [5.41, 5.74) is 8.50. The van der Waals surface area contributed by atoms with Crippen LogP contribution in [0, 0.1) is 34.8 Å². The van der Waals surface area contributed by atoms with Crippen LogP contribution >= 0.6 is 0 Å². The Hall–Kier alpha value is -1.91. The van der Waals surface area contributed by atoms with E-state index in [2.05, 4.69) is 74.1 Å². The highest BCUT2D eigenvalue weighted by Gasteiger charge is 2.14. The number of hydrogen-bond donors (Lipinski definition) is 1. The molecular weight excluding hydrogens is 388 g/mol. The molecule has 0 amide bonds. The fourth-order valence-electron chi connectivity index (χ4n) is 2.62. The molecule has 0 bridgehead atoms. The highest BCUT2D eigenvalue weighted by molar-refractivity contribution is 6.84. The molecule has 0 heterocycles. The quantitative estimate of drug-likeness (QED) is 0.366. The summed E-state index contributed by atoms with van der Waals surface area (Å²) in [5.74, 6) is 13.5. The molecule has 0 aliphatic heterocycles. The van der Waals surface area contributed by atoms with E-state index in [4.69, 9.17) is 4.74 Å². The smallest absolute Gasteiger partial charge is 0.140 e. The summed E-state index contributed by atoms with van der Waals surface area (Å²) < 4.78 is 5.50. The highest BCUT2D eigenvalue weighted by Crippen LogP contribution is 2.27. The van der Waals surface area contributed by atoms with Crippen LogP contribution in [0.5, 0.6) is 5.75 Å². The molecule has 0 fully saturated rings. The van der Waals surface area contributed by atoms with Crippen molar-refractivity contribution in [3.05, 3.63) is 29.3 Å². The molecule has 1 aromatic carbocycles. The van der Waals surface area contributed by atoms with Crippen molar-refractivity contribution in [2.45, 2.75) is 77.5 Å². The van der Waals surface area contributed by atoms with E-state index in [0.29, 0.717) is 6.42 Å². The Bertz CT molecular complexity index is 841. The molecule has 156 valence electrons. The summed E-state index contributed by atoms with van der Waals surface area (Å²) in [7, 11) is -1.04. The number of hydrogen-bond acceptors (Lipinski definition) is 2. The van der Waals surface area contributed by atoms with Crippen LogP contribution in [0.1, 0.15) is 42.9 Å². The average molecular weight is 425 g/mol. The molecule has 1 N–H and O–H groups in total. The predicted molar refractivity (Wildman–Crippen MR) is 130 cm³/mol. The molecule has 1 aromatic rings. The van der Waals surface area contributed by atoms with Crippen molar-refractivity contribution in [1.29, 1.82) is 0 Å². The highest BCUT2D eigenvalue weighted by atomic mass is 28.3. The summed E-state index contributed by atoms with van der Waals surface area (Å²) in [6.45, 7) is 13.4. The molecule has 1 rings (SSSR count). The fraction of sp³-hybridized carbons (Fsp3) is 0.520. The summed E-state index contributed by atoms with van der Waals surface area (Å²) in [5, 5.41) is 10.6. The van der Waals surface area contributed by atoms with Gasteiger partial charge in [-0.2, -0.15) is 0 Å². The zero-order chi connectivity index (χ0) is 21.9. The van der Waals surface area contributed by atoms with Crippen LogP contribution in [0.2, 0.25) is 39.3 Å². The van der Waals surface area contributed by atoms with E-state index in [0.717, 1.165) is 42.6 Å². The van der Waals surface area contributed by atoms with Gasteiger partial charge in [-0.3, -0.25) is 0 Å². The Kier molecular flexibility index (Phi) is 10.3. The van der Waals surface area contributed by atoms with Gasteiger partial charge in [0, 0.05) is 30.4 Å². The van der Waals surface area contributed by atoms with Gasteiger partial charge in [-0.25, -0.2) is 0 Å². The van der Waals surface area contributed by atoms with E-state index in [1.807, 2.05) is 18.2 Å². The lowest BCUT2D eigenvalue weighted by Gasteiger charge is -2.14. The van der Waals surface area contributed by atoms with Crippen LogP contribution in [-0.4, -0.2) is 28.4 Å². The first-order valence-corrected chi connectivity index (χ1v) is 17.4. The molecule has 0 saturated carbocycles. The van der Waals surface area contributed by atoms with Gasteiger partial charge in [0.25, 0.3) is 0 Å². The lowest BCUT2D eigenvalue weighted by Crippen LogP contribution is -2.16. The first kappa shape index (κ1) is 25.1. The molecule has 2 nitrogen and oxygen atoms in total. The summed E-state index contributed by atoms with van der Waals surface area (Å²) in [6.07, 6.45) is 3.52. The molecule has 0 radical (unpaired) electrons. The average Bonchev–Trinajstić information content (AvgIpc) is 2.61. The van der Waals surface area contributed by atoms with Gasteiger partial charge in [-0.15, -0.1) is 28.8 Å². The second-order valence-corrected chi connectivity index (χ2v) is 18.7. The first-order valence-electron chi connectivity index (χ1n) is 10.4. The first-order chi connectivity index (χ1) is 13.5. The van der Waals surface area contributed by atoms with E-state index < -0.39 is 22.3 Å². The third-order valence-electron chi connectivity index (χ3n) is 3.97. The summed E-state index contributed by atoms with van der Waals surface area (Å²) in [4.78, 5) is 0. The van der Waals surface area contributed by atoms with Gasteiger partial charge in [0.1, 0.15) is 28.0 Å². The monoisotopic (exact) mass is 424 g/mol. The van der Waals surface area contributed by atoms with Gasteiger partial charge in [-0.05, 0) is 18.9 Å². The van der Waals surface area contributed by atoms with Crippen LogP contribution in [0.15, 0.2) is 18.2 Å². The topological polar surface area (TPSA) is 29.5 Å². The van der Waals surface area contributed by atoms with Crippen molar-refractivity contribution in [3.63, 3.8) is 0 Å². The summed E-state index contributed by atoms with van der Waals surface area (Å²) >= 11 is 0. The number of rotatable bonds is 6. The molecule has 0 spiro atoms. The van der Waals surface area contributed by atoms with Crippen LogP contribution in [0.25, 0.3) is 0 Å². The van der Waals surface area contributed by atoms with Gasteiger partial charge in [-0.1, -0.05) is 57.3 Å². The van der Waals surface area contributed by atoms with E-state index in [-0.39, 0.29) is 0 Å². The maximum atomic E-state index is 10.6. The van der Waals surface area contributed by atoms with Gasteiger partial charge in [0.05, 0.1) is 7.11 Å². The third-order valence-corrected chi connectivity index (χ3v) is 5.82. The minimum Gasteiger partial charge on any atom is -0.496 e. The van der Waals surface area contributed by atoms with Crippen LogP contribution in [0.4, 0.5) is 0 Å². The molecular formula is C25H36O2Si2. The van der Waals surface area contributed by atoms with E-state index in [9.17, 15) is 5.11 Å². The SMILES string of the molecule is COc1cccc(C(O)C#CCCCCC#C[Si](C)(C)C)c1CC#C[Si](C)(C)C. The fourth-order valence-corrected chi connectivity index (χ4v) is 3.89. The van der Waals surface area contributed by atoms with Crippen LogP contribution in [-0.2, 0) is 6.42 Å². The normalized spacial score (nSPS) is 11.9. The second-order valence-electron chi connectivity index (χ2n) is 9.24. The van der Waals surface area contributed by atoms with E-state index >= 15 is 0 Å². The number of methoxy groups -OCH3 is 1. The van der Waals surface area contributed by atoms with Gasteiger partial charge in [0.2, 0.25) is 0 Å². The minimum atomic E-state index is -1.43. The lowest BCUT2D eigenvalue weighted by atomic mass is 9.99. The van der Waals surface area contributed by atoms with Crippen LogP contribution < -0.4 is 4.74 Å². The molecule has 0 aliphatic carbocycles. The van der Waals surface area contributed by atoms with Crippen molar-refractivity contribution >= 4 is 16.1 Å². The number of unbranched alkanes of at least 4 members (excludes halogenated alkanes) is 3. The van der Waals surface area contributed by atoms with Crippen molar-refractivity contribution < 1.29 is 9.84 Å². The van der Waals surface area contributed by atoms with Crippen molar-refractivity contribution in [1.82, 2.24) is 0 Å². The summed E-state index contributed by atoms with van der Waals surface area (Å²) in [6, 6.07) is 5.72. The van der Waals surface area contributed by atoms with Crippen molar-refractivity contribution in [2.24, 2.45) is 0 Å². The molecule has 0 saturated heterocycles. The van der Waals surface area contributed by atoms with Gasteiger partial charge >= 0.3 is 0 Å². The largest absolute Gasteiger partial charge is 0.496 e. The lowest BCUT2D eigenvalue weighted by molar-refractivity contribution is 0.236. The number of aliphatic hydroxyl groups is 1. The van der Waals surface area contributed by atoms with Crippen LogP contribution in [0.3, 0.4) is 0 Å². The maximum absolute atomic E-state index is 10.6. The van der Waals surface area contributed by atoms with E-state index in [1.54, 1.807) is 7.11 Å². The Morgan fingerprint density at radius 3 is 2.07 bits per heavy atom. The standard InChI is InChI=1S/C25H36O2Si2/c1-27-25-19-14-16-22(23(25)17-15-21-29(5,6)7)24(26)18-12-10-8-9-11-13-20-28(2,3)4/h14,16,19,24,26H,8-11,17H2,1-7H3. The molecule has 4 heteroatoms. The molecule has 0 aromatic heterocycles. The maximum Gasteiger partial charge on any atom is 0.140 e. The minimum absolute atomic E-state index is 0.568. The predicted octanol–water partition coefficient (Wildman–Crippen LogP) is 5.60. The Morgan fingerprint density at radius 1 is 0.897 bits per heavy atom. The number of aliphatic hydroxyl groups excluding tert-OH is 1. The Balaban J connectivity index is 2.74. The molecule has 1 atom stereocenters. The zero-order valence-corrected chi connectivity index (χ0v) is 21.2. The van der Waals surface area contributed by atoms with E-state index in [1.165, 1.54) is 0 Å².